The van der Waals surface area contributed by atoms with Crippen LogP contribution in [0.3, 0.4) is 0 Å². The van der Waals surface area contributed by atoms with E-state index in [0.29, 0.717) is 11.6 Å². The summed E-state index contributed by atoms with van der Waals surface area (Å²) in [5.41, 5.74) is 0.680. The summed E-state index contributed by atoms with van der Waals surface area (Å²) >= 11 is 5.96. The van der Waals surface area contributed by atoms with E-state index in [0.717, 1.165) is 17.8 Å². The molecule has 0 saturated carbocycles. The monoisotopic (exact) mass is 310 g/mol. The summed E-state index contributed by atoms with van der Waals surface area (Å²) in [5, 5.41) is 5.95. The van der Waals surface area contributed by atoms with Crippen molar-refractivity contribution in [3.63, 3.8) is 0 Å². The van der Waals surface area contributed by atoms with Crippen LogP contribution >= 0.6 is 11.6 Å². The molecule has 2 N–H and O–H groups in total. The number of halogens is 3. The topological polar surface area (TPSA) is 41.1 Å². The number of carbonyl (C=O) groups excluding carboxylic acids is 1. The number of benzene rings is 2. The lowest BCUT2D eigenvalue weighted by atomic mass is 10.2. The number of para-hydroxylation sites is 1. The molecule has 3 nitrogen and oxygen atoms in total. The van der Waals surface area contributed by atoms with Crippen LogP contribution in [0.4, 0.5) is 20.2 Å². The second-order valence-electron chi connectivity index (χ2n) is 4.33. The van der Waals surface area contributed by atoms with Gasteiger partial charge in [-0.1, -0.05) is 23.7 Å². The van der Waals surface area contributed by atoms with E-state index in [-0.39, 0.29) is 18.0 Å². The first-order valence-electron chi connectivity index (χ1n) is 6.29. The van der Waals surface area contributed by atoms with Gasteiger partial charge in [0.2, 0.25) is 5.91 Å². The Morgan fingerprint density at radius 2 is 1.86 bits per heavy atom. The zero-order valence-electron chi connectivity index (χ0n) is 11.0. The number of rotatable bonds is 5. The number of carbonyl (C=O) groups is 1. The molecule has 21 heavy (non-hydrogen) atoms. The molecular formula is C15H13ClF2N2O. The number of nitrogens with one attached hydrogen (secondary N) is 2. The molecule has 0 heterocycles. The van der Waals surface area contributed by atoms with Gasteiger partial charge in [-0.25, -0.2) is 8.78 Å². The van der Waals surface area contributed by atoms with Gasteiger partial charge in [-0.2, -0.15) is 0 Å². The summed E-state index contributed by atoms with van der Waals surface area (Å²) in [6, 6.07) is 10.1. The van der Waals surface area contributed by atoms with E-state index in [1.807, 2.05) is 6.07 Å². The van der Waals surface area contributed by atoms with Gasteiger partial charge >= 0.3 is 0 Å². The van der Waals surface area contributed by atoms with Crippen LogP contribution in [0, 0.1) is 11.6 Å². The third kappa shape index (κ3) is 4.43. The van der Waals surface area contributed by atoms with Gasteiger partial charge in [0.05, 0.1) is 16.4 Å². The maximum Gasteiger partial charge on any atom is 0.226 e. The fourth-order valence-electron chi connectivity index (χ4n) is 1.72. The summed E-state index contributed by atoms with van der Waals surface area (Å²) in [7, 11) is 0. The third-order valence-corrected chi connectivity index (χ3v) is 3.08. The second kappa shape index (κ2) is 7.04. The van der Waals surface area contributed by atoms with E-state index >= 15 is 0 Å². The summed E-state index contributed by atoms with van der Waals surface area (Å²) in [5.74, 6) is -1.87. The highest BCUT2D eigenvalue weighted by molar-refractivity contribution is 6.33. The maximum absolute atomic E-state index is 13.4. The molecule has 0 atom stereocenters. The molecule has 0 spiro atoms. The Balaban J connectivity index is 1.84. The Labute approximate surface area is 125 Å². The summed E-state index contributed by atoms with van der Waals surface area (Å²) in [6.07, 6.45) is 0.127. The van der Waals surface area contributed by atoms with E-state index in [1.165, 1.54) is 6.07 Å². The predicted molar refractivity (Wildman–Crippen MR) is 79.5 cm³/mol. The minimum atomic E-state index is -0.803. The van der Waals surface area contributed by atoms with Gasteiger partial charge in [0.1, 0.15) is 11.6 Å². The highest BCUT2D eigenvalue weighted by Gasteiger charge is 2.08. The van der Waals surface area contributed by atoms with Crippen LogP contribution in [0.15, 0.2) is 42.5 Å². The first-order valence-corrected chi connectivity index (χ1v) is 6.67. The molecule has 2 aromatic rings. The Kier molecular flexibility index (Phi) is 5.11. The highest BCUT2D eigenvalue weighted by Crippen LogP contribution is 2.20. The number of hydrogen-bond acceptors (Lipinski definition) is 2. The molecule has 0 aromatic heterocycles. The van der Waals surface area contributed by atoms with Crippen LogP contribution in [0.2, 0.25) is 5.02 Å². The first kappa shape index (κ1) is 15.3. The zero-order valence-corrected chi connectivity index (χ0v) is 11.8. The largest absolute Gasteiger partial charge is 0.383 e. The molecule has 6 heteroatoms. The number of hydrogen-bond donors (Lipinski definition) is 2. The van der Waals surface area contributed by atoms with E-state index < -0.39 is 11.6 Å². The van der Waals surface area contributed by atoms with Crippen molar-refractivity contribution in [1.82, 2.24) is 0 Å². The van der Waals surface area contributed by atoms with Crippen molar-refractivity contribution in [2.75, 3.05) is 17.2 Å². The standard InChI is InChI=1S/C15H13ClF2N2O/c16-11-3-1-2-4-13(11)19-8-7-15(21)20-14-6-5-10(17)9-12(14)18/h1-6,9,19H,7-8H2,(H,20,21). The van der Waals surface area contributed by atoms with Gasteiger partial charge in [0.25, 0.3) is 0 Å². The molecule has 0 unspecified atom stereocenters. The molecule has 0 bridgehead atoms. The maximum atomic E-state index is 13.4. The van der Waals surface area contributed by atoms with Crippen LogP contribution in [-0.2, 0) is 4.79 Å². The highest BCUT2D eigenvalue weighted by atomic mass is 35.5. The van der Waals surface area contributed by atoms with Crippen molar-refractivity contribution in [3.8, 4) is 0 Å². The van der Waals surface area contributed by atoms with Gasteiger partial charge in [-0.05, 0) is 24.3 Å². The van der Waals surface area contributed by atoms with Crippen molar-refractivity contribution in [2.45, 2.75) is 6.42 Å². The Hall–Kier alpha value is -2.14. The molecule has 2 aromatic carbocycles. The normalized spacial score (nSPS) is 10.2. The van der Waals surface area contributed by atoms with E-state index in [1.54, 1.807) is 18.2 Å². The predicted octanol–water partition coefficient (Wildman–Crippen LogP) is 4.06. The Morgan fingerprint density at radius 1 is 1.10 bits per heavy atom. The lowest BCUT2D eigenvalue weighted by molar-refractivity contribution is -0.116. The zero-order chi connectivity index (χ0) is 15.2. The van der Waals surface area contributed by atoms with E-state index in [9.17, 15) is 13.6 Å². The lowest BCUT2D eigenvalue weighted by Gasteiger charge is -2.09. The van der Waals surface area contributed by atoms with Crippen LogP contribution in [0.1, 0.15) is 6.42 Å². The van der Waals surface area contributed by atoms with Crippen molar-refractivity contribution in [1.29, 1.82) is 0 Å². The van der Waals surface area contributed by atoms with Gasteiger partial charge in [-0.3, -0.25) is 4.79 Å². The van der Waals surface area contributed by atoms with Crippen LogP contribution in [0.5, 0.6) is 0 Å². The molecule has 110 valence electrons. The smallest absolute Gasteiger partial charge is 0.226 e. The van der Waals surface area contributed by atoms with Crippen LogP contribution in [0.25, 0.3) is 0 Å². The van der Waals surface area contributed by atoms with Crippen molar-refractivity contribution in [2.24, 2.45) is 0 Å². The van der Waals surface area contributed by atoms with E-state index in [4.69, 9.17) is 11.6 Å². The second-order valence-corrected chi connectivity index (χ2v) is 4.74. The minimum absolute atomic E-state index is 0.0425. The molecule has 1 amide bonds. The molecule has 0 fully saturated rings. The third-order valence-electron chi connectivity index (χ3n) is 2.75. The molecule has 0 aliphatic heterocycles. The van der Waals surface area contributed by atoms with Gasteiger partial charge in [-0.15, -0.1) is 0 Å². The van der Waals surface area contributed by atoms with Crippen LogP contribution < -0.4 is 10.6 Å². The summed E-state index contributed by atoms with van der Waals surface area (Å²) in [6.45, 7) is 0.346. The average Bonchev–Trinajstić information content (AvgIpc) is 2.44. The SMILES string of the molecule is O=C(CCNc1ccccc1Cl)Nc1ccc(F)cc1F. The van der Waals surface area contributed by atoms with Gasteiger partial charge in [0.15, 0.2) is 0 Å². The fourth-order valence-corrected chi connectivity index (χ4v) is 1.92. The molecule has 0 aliphatic rings. The first-order chi connectivity index (χ1) is 10.1. The van der Waals surface area contributed by atoms with Crippen molar-refractivity contribution in [3.05, 3.63) is 59.1 Å². The quantitative estimate of drug-likeness (QED) is 0.874. The fraction of sp³-hybridized carbons (Fsp3) is 0.133. The van der Waals surface area contributed by atoms with Crippen molar-refractivity contribution < 1.29 is 13.6 Å². The van der Waals surface area contributed by atoms with E-state index in [2.05, 4.69) is 10.6 Å². The molecule has 2 rings (SSSR count). The molecule has 0 aliphatic carbocycles. The van der Waals surface area contributed by atoms with Gasteiger partial charge < -0.3 is 10.6 Å². The molecule has 0 radical (unpaired) electrons. The minimum Gasteiger partial charge on any atom is -0.383 e. The van der Waals surface area contributed by atoms with Crippen molar-refractivity contribution >= 4 is 28.9 Å². The summed E-state index contributed by atoms with van der Waals surface area (Å²) in [4.78, 5) is 11.7. The van der Waals surface area contributed by atoms with Crippen LogP contribution in [-0.4, -0.2) is 12.5 Å². The Bertz CT molecular complexity index is 649. The lowest BCUT2D eigenvalue weighted by Crippen LogP contribution is -2.17. The number of amides is 1. The van der Waals surface area contributed by atoms with Gasteiger partial charge in [0, 0.05) is 19.0 Å². The Morgan fingerprint density at radius 3 is 2.57 bits per heavy atom. The number of anilines is 2. The summed E-state index contributed by atoms with van der Waals surface area (Å²) < 4.78 is 26.1. The molecular weight excluding hydrogens is 298 g/mol. The average molecular weight is 311 g/mol. The molecule has 0 saturated heterocycles.